The maximum absolute atomic E-state index is 12.3. The summed E-state index contributed by atoms with van der Waals surface area (Å²) in [6.07, 6.45) is 0.641. The minimum Gasteiger partial charge on any atom is -0.493 e. The zero-order chi connectivity index (χ0) is 18.4. The Morgan fingerprint density at radius 2 is 1.92 bits per heavy atom. The molecular weight excluding hydrogens is 322 g/mol. The molecule has 0 unspecified atom stereocenters. The molecule has 0 fully saturated rings. The summed E-state index contributed by atoms with van der Waals surface area (Å²) in [7, 11) is 0. The van der Waals surface area contributed by atoms with Crippen LogP contribution in [0.3, 0.4) is 0 Å². The van der Waals surface area contributed by atoms with Crippen LogP contribution in [0.1, 0.15) is 44.1 Å². The average molecular weight is 345 g/mol. The summed E-state index contributed by atoms with van der Waals surface area (Å²) in [5.74, 6) is -0.0492. The van der Waals surface area contributed by atoms with Gasteiger partial charge in [0.25, 0.3) is 5.91 Å². The number of aromatic nitrogens is 2. The molecule has 25 heavy (non-hydrogen) atoms. The van der Waals surface area contributed by atoms with Gasteiger partial charge >= 0.3 is 5.97 Å². The molecule has 7 heteroatoms. The van der Waals surface area contributed by atoms with Gasteiger partial charge in [-0.25, -0.2) is 9.48 Å². The number of nitrogens with one attached hydrogen (secondary N) is 1. The molecule has 0 aliphatic rings. The zero-order valence-electron chi connectivity index (χ0n) is 14.9. The molecule has 0 saturated carbocycles. The van der Waals surface area contributed by atoms with Crippen molar-refractivity contribution in [1.82, 2.24) is 9.78 Å². The largest absolute Gasteiger partial charge is 0.493 e. The van der Waals surface area contributed by atoms with Crippen molar-refractivity contribution in [2.75, 3.05) is 11.9 Å². The standard InChI is InChI=1S/C18H23N3O4/c1-5-24-15-9-7-6-8-14(15)18(23)25-13(4)17(22)20-16-10-11-19-21(16)12(2)3/h6-13H,5H2,1-4H3,(H,20,22)/t13-/m0/s1. The third-order valence-corrected chi connectivity index (χ3v) is 3.47. The van der Waals surface area contributed by atoms with E-state index in [0.717, 1.165) is 0 Å². The Morgan fingerprint density at radius 1 is 1.20 bits per heavy atom. The second-order valence-corrected chi connectivity index (χ2v) is 5.72. The first-order valence-electron chi connectivity index (χ1n) is 8.21. The van der Waals surface area contributed by atoms with Crippen LogP contribution < -0.4 is 10.1 Å². The van der Waals surface area contributed by atoms with Crippen LogP contribution in [0.5, 0.6) is 5.75 Å². The van der Waals surface area contributed by atoms with Crippen molar-refractivity contribution in [3.8, 4) is 5.75 Å². The first-order valence-corrected chi connectivity index (χ1v) is 8.21. The lowest BCUT2D eigenvalue weighted by Crippen LogP contribution is -2.31. The smallest absolute Gasteiger partial charge is 0.342 e. The van der Waals surface area contributed by atoms with Crippen LogP contribution in [0, 0.1) is 0 Å². The third kappa shape index (κ3) is 4.59. The molecule has 2 aromatic rings. The van der Waals surface area contributed by atoms with E-state index >= 15 is 0 Å². The molecule has 7 nitrogen and oxygen atoms in total. The average Bonchev–Trinajstić information content (AvgIpc) is 3.03. The maximum atomic E-state index is 12.3. The number of esters is 1. The van der Waals surface area contributed by atoms with Gasteiger partial charge in [-0.3, -0.25) is 4.79 Å². The molecular formula is C18H23N3O4. The topological polar surface area (TPSA) is 82.4 Å². The number of hydrogen-bond acceptors (Lipinski definition) is 5. The predicted molar refractivity (Wildman–Crippen MR) is 93.7 cm³/mol. The fraction of sp³-hybridized carbons (Fsp3) is 0.389. The number of amides is 1. The minimum atomic E-state index is -0.960. The predicted octanol–water partition coefficient (Wildman–Crippen LogP) is 3.05. The molecule has 0 radical (unpaired) electrons. The lowest BCUT2D eigenvalue weighted by molar-refractivity contribution is -0.123. The highest BCUT2D eigenvalue weighted by Gasteiger charge is 2.22. The van der Waals surface area contributed by atoms with Gasteiger partial charge in [-0.15, -0.1) is 0 Å². The summed E-state index contributed by atoms with van der Waals surface area (Å²) in [4.78, 5) is 24.6. The third-order valence-electron chi connectivity index (χ3n) is 3.47. The van der Waals surface area contributed by atoms with E-state index in [1.165, 1.54) is 6.92 Å². The molecule has 2 rings (SSSR count). The van der Waals surface area contributed by atoms with Gasteiger partial charge in [0.1, 0.15) is 17.1 Å². The number of para-hydroxylation sites is 1. The highest BCUT2D eigenvalue weighted by molar-refractivity contribution is 5.98. The number of rotatable bonds is 7. The van der Waals surface area contributed by atoms with E-state index in [2.05, 4.69) is 10.4 Å². The molecule has 0 aliphatic heterocycles. The van der Waals surface area contributed by atoms with Gasteiger partial charge in [0.05, 0.1) is 12.8 Å². The van der Waals surface area contributed by atoms with E-state index in [9.17, 15) is 9.59 Å². The van der Waals surface area contributed by atoms with E-state index < -0.39 is 18.0 Å². The molecule has 134 valence electrons. The molecule has 0 bridgehead atoms. The van der Waals surface area contributed by atoms with Gasteiger partial charge in [0.15, 0.2) is 6.10 Å². The Labute approximate surface area is 146 Å². The van der Waals surface area contributed by atoms with Crippen LogP contribution in [-0.2, 0) is 9.53 Å². The number of carbonyl (C=O) groups excluding carboxylic acids is 2. The van der Waals surface area contributed by atoms with Crippen molar-refractivity contribution >= 4 is 17.7 Å². The van der Waals surface area contributed by atoms with Crippen molar-refractivity contribution < 1.29 is 19.1 Å². The van der Waals surface area contributed by atoms with Crippen LogP contribution in [0.25, 0.3) is 0 Å². The Hall–Kier alpha value is -2.83. The van der Waals surface area contributed by atoms with Crippen molar-refractivity contribution in [3.63, 3.8) is 0 Å². The van der Waals surface area contributed by atoms with E-state index in [0.29, 0.717) is 18.2 Å². The highest BCUT2D eigenvalue weighted by atomic mass is 16.5. The second-order valence-electron chi connectivity index (χ2n) is 5.72. The van der Waals surface area contributed by atoms with Gasteiger partial charge in [-0.05, 0) is 39.8 Å². The Bertz CT molecular complexity index is 739. The summed E-state index contributed by atoms with van der Waals surface area (Å²) >= 11 is 0. The normalized spacial score (nSPS) is 11.9. The van der Waals surface area contributed by atoms with Gasteiger partial charge in [-0.1, -0.05) is 12.1 Å². The van der Waals surface area contributed by atoms with Crippen LogP contribution in [0.4, 0.5) is 5.82 Å². The first-order chi connectivity index (χ1) is 11.9. The number of ether oxygens (including phenoxy) is 2. The fourth-order valence-corrected chi connectivity index (χ4v) is 2.25. The summed E-state index contributed by atoms with van der Waals surface area (Å²) in [5.41, 5.74) is 0.288. The molecule has 0 saturated heterocycles. The molecule has 0 aliphatic carbocycles. The molecule has 1 aromatic carbocycles. The minimum absolute atomic E-state index is 0.0984. The number of benzene rings is 1. The lowest BCUT2D eigenvalue weighted by Gasteiger charge is -2.16. The van der Waals surface area contributed by atoms with Crippen molar-refractivity contribution in [1.29, 1.82) is 0 Å². The zero-order valence-corrected chi connectivity index (χ0v) is 14.9. The summed E-state index contributed by atoms with van der Waals surface area (Å²) in [6.45, 7) is 7.69. The maximum Gasteiger partial charge on any atom is 0.342 e. The van der Waals surface area contributed by atoms with Crippen LogP contribution in [0.2, 0.25) is 0 Å². The Morgan fingerprint density at radius 3 is 2.60 bits per heavy atom. The molecule has 1 aromatic heterocycles. The van der Waals surface area contributed by atoms with Crippen LogP contribution in [-0.4, -0.2) is 34.4 Å². The van der Waals surface area contributed by atoms with Gasteiger partial charge in [0.2, 0.25) is 0 Å². The lowest BCUT2D eigenvalue weighted by atomic mass is 10.2. The summed E-state index contributed by atoms with van der Waals surface area (Å²) < 4.78 is 12.4. The summed E-state index contributed by atoms with van der Waals surface area (Å²) in [5, 5.41) is 6.87. The van der Waals surface area contributed by atoms with Crippen LogP contribution in [0.15, 0.2) is 36.5 Å². The van der Waals surface area contributed by atoms with Crippen LogP contribution >= 0.6 is 0 Å². The van der Waals surface area contributed by atoms with E-state index in [1.54, 1.807) is 41.2 Å². The van der Waals surface area contributed by atoms with Gasteiger partial charge in [-0.2, -0.15) is 5.10 Å². The highest BCUT2D eigenvalue weighted by Crippen LogP contribution is 2.20. The van der Waals surface area contributed by atoms with Crippen molar-refractivity contribution in [3.05, 3.63) is 42.1 Å². The van der Waals surface area contributed by atoms with Crippen molar-refractivity contribution in [2.45, 2.75) is 39.8 Å². The van der Waals surface area contributed by atoms with Gasteiger partial charge < -0.3 is 14.8 Å². The Balaban J connectivity index is 2.03. The molecule has 1 heterocycles. The molecule has 1 atom stereocenters. The number of nitrogens with zero attached hydrogens (tertiary/aromatic N) is 2. The van der Waals surface area contributed by atoms with E-state index in [1.807, 2.05) is 20.8 Å². The first kappa shape index (κ1) is 18.5. The molecule has 1 amide bonds. The molecule has 0 spiro atoms. The second kappa shape index (κ2) is 8.32. The summed E-state index contributed by atoms with van der Waals surface area (Å²) in [6, 6.07) is 8.56. The Kier molecular flexibility index (Phi) is 6.16. The SMILES string of the molecule is CCOc1ccccc1C(=O)O[C@@H](C)C(=O)Nc1ccnn1C(C)C. The fourth-order valence-electron chi connectivity index (χ4n) is 2.25. The molecule has 1 N–H and O–H groups in total. The van der Waals surface area contributed by atoms with Crippen molar-refractivity contribution in [2.24, 2.45) is 0 Å². The quantitative estimate of drug-likeness (QED) is 0.780. The number of anilines is 1. The number of carbonyl (C=O) groups is 2. The van der Waals surface area contributed by atoms with Gasteiger partial charge in [0, 0.05) is 12.1 Å². The monoisotopic (exact) mass is 345 g/mol. The van der Waals surface area contributed by atoms with E-state index in [4.69, 9.17) is 9.47 Å². The number of hydrogen-bond donors (Lipinski definition) is 1. The van der Waals surface area contributed by atoms with E-state index in [-0.39, 0.29) is 11.6 Å².